The number of para-hydroxylation sites is 1. The lowest BCUT2D eigenvalue weighted by Gasteiger charge is -2.22. The molecular formula is C23H22N4O5S. The van der Waals surface area contributed by atoms with Gasteiger partial charge in [0, 0.05) is 17.7 Å². The van der Waals surface area contributed by atoms with Gasteiger partial charge in [0.1, 0.15) is 0 Å². The Balaban J connectivity index is 1.68. The number of hydrogen-bond donors (Lipinski definition) is 1. The number of carbonyl (C=O) groups excluding carboxylic acids is 1. The van der Waals surface area contributed by atoms with E-state index in [4.69, 9.17) is 0 Å². The number of nitrogens with one attached hydrogen (secondary N) is 1. The number of sulfonamides is 1. The van der Waals surface area contributed by atoms with Gasteiger partial charge >= 0.3 is 0 Å². The van der Waals surface area contributed by atoms with Crippen LogP contribution in [0.1, 0.15) is 28.4 Å². The van der Waals surface area contributed by atoms with Gasteiger partial charge in [-0.2, -0.15) is 5.10 Å². The van der Waals surface area contributed by atoms with Gasteiger partial charge in [-0.25, -0.2) is 13.8 Å². The van der Waals surface area contributed by atoms with Crippen molar-refractivity contribution in [1.82, 2.24) is 5.43 Å². The molecule has 0 aliphatic rings. The molecule has 3 rings (SSSR count). The Labute approximate surface area is 191 Å². The molecule has 0 radical (unpaired) electrons. The third-order valence-electron chi connectivity index (χ3n) is 4.81. The first kappa shape index (κ1) is 23.6. The molecule has 1 amide bonds. The van der Waals surface area contributed by atoms with Crippen LogP contribution in [0.25, 0.3) is 0 Å². The van der Waals surface area contributed by atoms with Crippen molar-refractivity contribution in [3.8, 4) is 0 Å². The summed E-state index contributed by atoms with van der Waals surface area (Å²) in [5.74, 6) is -0.439. The van der Waals surface area contributed by atoms with Crippen molar-refractivity contribution in [3.05, 3.63) is 106 Å². The summed E-state index contributed by atoms with van der Waals surface area (Å²) in [6.07, 6.45) is 1.15. The number of nitro benzene ring substituents is 1. The highest BCUT2D eigenvalue weighted by Gasteiger charge is 2.18. The second kappa shape index (κ2) is 10.0. The average Bonchev–Trinajstić information content (AvgIpc) is 2.81. The number of rotatable bonds is 8. The Morgan fingerprint density at radius 1 is 0.970 bits per heavy atom. The molecule has 0 aliphatic heterocycles. The predicted octanol–water partition coefficient (Wildman–Crippen LogP) is 3.72. The zero-order chi connectivity index (χ0) is 24.0. The lowest BCUT2D eigenvalue weighted by molar-refractivity contribution is -0.384. The summed E-state index contributed by atoms with van der Waals surface area (Å²) >= 11 is 0. The van der Waals surface area contributed by atoms with Crippen molar-refractivity contribution in [1.29, 1.82) is 0 Å². The average molecular weight is 467 g/mol. The first-order valence-corrected chi connectivity index (χ1v) is 11.7. The van der Waals surface area contributed by atoms with E-state index in [1.165, 1.54) is 16.4 Å². The number of non-ortho nitro benzene ring substituents is 1. The van der Waals surface area contributed by atoms with Gasteiger partial charge in [-0.1, -0.05) is 30.3 Å². The summed E-state index contributed by atoms with van der Waals surface area (Å²) in [4.78, 5) is 22.7. The van der Waals surface area contributed by atoms with Crippen molar-refractivity contribution in [3.63, 3.8) is 0 Å². The number of nitrogens with zero attached hydrogens (tertiary/aromatic N) is 3. The predicted molar refractivity (Wildman–Crippen MR) is 127 cm³/mol. The van der Waals surface area contributed by atoms with Crippen molar-refractivity contribution in [2.45, 2.75) is 13.5 Å². The van der Waals surface area contributed by atoms with Gasteiger partial charge in [0.2, 0.25) is 10.0 Å². The largest absolute Gasteiger partial charge is 0.271 e. The molecule has 0 saturated heterocycles. The fraction of sp³-hybridized carbons (Fsp3) is 0.130. The molecule has 33 heavy (non-hydrogen) atoms. The lowest BCUT2D eigenvalue weighted by atomic mass is 10.1. The van der Waals surface area contributed by atoms with E-state index in [0.717, 1.165) is 6.26 Å². The maximum absolute atomic E-state index is 12.4. The van der Waals surface area contributed by atoms with Gasteiger partial charge in [0.15, 0.2) is 0 Å². The number of benzene rings is 3. The van der Waals surface area contributed by atoms with Crippen molar-refractivity contribution in [2.24, 2.45) is 5.10 Å². The molecule has 9 nitrogen and oxygen atoms in total. The van der Waals surface area contributed by atoms with Crippen molar-refractivity contribution < 1.29 is 18.1 Å². The maximum atomic E-state index is 12.4. The Bertz CT molecular complexity index is 1270. The van der Waals surface area contributed by atoms with Gasteiger partial charge in [0.25, 0.3) is 11.6 Å². The van der Waals surface area contributed by atoms with E-state index in [1.807, 2.05) is 6.07 Å². The standard InChI is InChI=1S/C23H22N4O5S/c1-17(19-12-14-22(15-13-19)27(29)30)24-25-23(28)20-10-8-18(9-11-20)16-26(33(2,31)32)21-6-4-3-5-7-21/h3-15H,16H2,1-2H3,(H,25,28)/b24-17-. The molecule has 0 unspecified atom stereocenters. The van der Waals surface area contributed by atoms with Gasteiger partial charge in [-0.3, -0.25) is 19.2 Å². The molecule has 0 spiro atoms. The number of hydrazone groups is 1. The molecule has 3 aromatic rings. The molecule has 0 aromatic heterocycles. The number of amides is 1. The van der Waals surface area contributed by atoms with Crippen LogP contribution in [-0.2, 0) is 16.6 Å². The fourth-order valence-corrected chi connectivity index (χ4v) is 3.90. The van der Waals surface area contributed by atoms with Crippen LogP contribution in [-0.4, -0.2) is 31.2 Å². The lowest BCUT2D eigenvalue weighted by Crippen LogP contribution is -2.29. The first-order chi connectivity index (χ1) is 15.6. The molecule has 0 saturated carbocycles. The molecule has 0 bridgehead atoms. The van der Waals surface area contributed by atoms with Crippen LogP contribution in [0, 0.1) is 10.1 Å². The third kappa shape index (κ3) is 6.23. The summed E-state index contributed by atoms with van der Waals surface area (Å²) in [5, 5.41) is 14.8. The van der Waals surface area contributed by atoms with Gasteiger partial charge in [-0.15, -0.1) is 0 Å². The number of nitro groups is 1. The molecule has 0 fully saturated rings. The van der Waals surface area contributed by atoms with E-state index in [1.54, 1.807) is 67.6 Å². The summed E-state index contributed by atoms with van der Waals surface area (Å²) in [7, 11) is -3.50. The van der Waals surface area contributed by atoms with E-state index in [2.05, 4.69) is 10.5 Å². The van der Waals surface area contributed by atoms with Crippen LogP contribution in [0.3, 0.4) is 0 Å². The van der Waals surface area contributed by atoms with E-state index < -0.39 is 20.9 Å². The minimum atomic E-state index is -3.50. The maximum Gasteiger partial charge on any atom is 0.271 e. The van der Waals surface area contributed by atoms with Gasteiger partial charge in [0.05, 0.1) is 29.1 Å². The van der Waals surface area contributed by atoms with Crippen LogP contribution in [0.2, 0.25) is 0 Å². The number of anilines is 1. The quantitative estimate of drug-likeness (QED) is 0.308. The zero-order valence-corrected chi connectivity index (χ0v) is 18.8. The molecule has 1 N–H and O–H groups in total. The monoisotopic (exact) mass is 466 g/mol. The Kier molecular flexibility index (Phi) is 7.19. The second-order valence-electron chi connectivity index (χ2n) is 7.24. The number of hydrogen-bond acceptors (Lipinski definition) is 6. The van der Waals surface area contributed by atoms with Crippen LogP contribution >= 0.6 is 0 Å². The highest BCUT2D eigenvalue weighted by molar-refractivity contribution is 7.92. The Morgan fingerprint density at radius 2 is 1.55 bits per heavy atom. The summed E-state index contributed by atoms with van der Waals surface area (Å²) in [5.41, 5.74) is 5.17. The fourth-order valence-electron chi connectivity index (χ4n) is 3.01. The van der Waals surface area contributed by atoms with E-state index in [9.17, 15) is 23.3 Å². The highest BCUT2D eigenvalue weighted by atomic mass is 32.2. The first-order valence-electron chi connectivity index (χ1n) is 9.86. The van der Waals surface area contributed by atoms with Crippen molar-refractivity contribution >= 4 is 33.0 Å². The molecule has 0 heterocycles. The minimum absolute atomic E-state index is 0.0302. The molecule has 10 heteroatoms. The summed E-state index contributed by atoms with van der Waals surface area (Å²) < 4.78 is 25.8. The molecule has 0 aliphatic carbocycles. The van der Waals surface area contributed by atoms with E-state index >= 15 is 0 Å². The summed E-state index contributed by atoms with van der Waals surface area (Å²) in [6.45, 7) is 1.80. The molecule has 0 atom stereocenters. The van der Waals surface area contributed by atoms with Crippen LogP contribution in [0.5, 0.6) is 0 Å². The Hall–Kier alpha value is -4.05. The smallest absolute Gasteiger partial charge is 0.267 e. The SMILES string of the molecule is C/C(=N/NC(=O)c1ccc(CN(c2ccccc2)S(C)(=O)=O)cc1)c1ccc([N+](=O)[O-])cc1. The van der Waals surface area contributed by atoms with E-state index in [0.29, 0.717) is 28.1 Å². The van der Waals surface area contributed by atoms with Crippen molar-refractivity contribution in [2.75, 3.05) is 10.6 Å². The molecule has 3 aromatic carbocycles. The second-order valence-corrected chi connectivity index (χ2v) is 9.15. The van der Waals surface area contributed by atoms with E-state index in [-0.39, 0.29) is 12.2 Å². The van der Waals surface area contributed by atoms with Crippen LogP contribution in [0.15, 0.2) is 84.0 Å². The summed E-state index contributed by atoms with van der Waals surface area (Å²) in [6, 6.07) is 21.2. The zero-order valence-electron chi connectivity index (χ0n) is 18.0. The van der Waals surface area contributed by atoms with Gasteiger partial charge in [-0.05, 0) is 54.4 Å². The third-order valence-corrected chi connectivity index (χ3v) is 5.95. The number of carbonyl (C=O) groups is 1. The van der Waals surface area contributed by atoms with Gasteiger partial charge < -0.3 is 0 Å². The minimum Gasteiger partial charge on any atom is -0.267 e. The molecular weight excluding hydrogens is 444 g/mol. The van der Waals surface area contributed by atoms with Crippen LogP contribution in [0.4, 0.5) is 11.4 Å². The Morgan fingerprint density at radius 3 is 2.09 bits per heavy atom. The molecule has 170 valence electrons. The highest BCUT2D eigenvalue weighted by Crippen LogP contribution is 2.20. The van der Waals surface area contributed by atoms with Crippen LogP contribution < -0.4 is 9.73 Å². The topological polar surface area (TPSA) is 122 Å². The normalized spacial score (nSPS) is 11.6.